The van der Waals surface area contributed by atoms with Crippen LogP contribution in [0.25, 0.3) is 0 Å². The van der Waals surface area contributed by atoms with Gasteiger partial charge in [-0.2, -0.15) is 0 Å². The van der Waals surface area contributed by atoms with Crippen molar-refractivity contribution in [2.45, 2.75) is 19.4 Å². The Hall–Kier alpha value is -1.55. The third-order valence-corrected chi connectivity index (χ3v) is 3.63. The monoisotopic (exact) mass is 247 g/mol. The first-order chi connectivity index (χ1) is 8.57. The van der Waals surface area contributed by atoms with Gasteiger partial charge in [0.15, 0.2) is 0 Å². The highest BCUT2D eigenvalue weighted by Gasteiger charge is 2.48. The lowest BCUT2D eigenvalue weighted by atomic mass is 10.1. The number of nitrogens with two attached hydrogens (primary N) is 1. The van der Waals surface area contributed by atoms with Crippen LogP contribution < -0.4 is 16.0 Å². The number of anilines is 1. The number of nitrogens with one attached hydrogen (secondary N) is 1. The summed E-state index contributed by atoms with van der Waals surface area (Å²) >= 11 is 0. The third kappa shape index (κ3) is 2.64. The summed E-state index contributed by atoms with van der Waals surface area (Å²) < 4.78 is 0. The van der Waals surface area contributed by atoms with Crippen LogP contribution in [0, 0.1) is 5.41 Å². The lowest BCUT2D eigenvalue weighted by molar-refractivity contribution is -0.126. The molecule has 0 aromatic heterocycles. The van der Waals surface area contributed by atoms with Gasteiger partial charge >= 0.3 is 0 Å². The summed E-state index contributed by atoms with van der Waals surface area (Å²) in [5.74, 6) is 0.0988. The van der Waals surface area contributed by atoms with Crippen LogP contribution in [0.15, 0.2) is 24.3 Å². The Morgan fingerprint density at radius 1 is 1.33 bits per heavy atom. The van der Waals surface area contributed by atoms with E-state index < -0.39 is 0 Å². The maximum Gasteiger partial charge on any atom is 0.227 e. The number of carbonyl (C=O) groups is 1. The number of benzene rings is 1. The van der Waals surface area contributed by atoms with E-state index in [2.05, 4.69) is 22.3 Å². The van der Waals surface area contributed by atoms with Gasteiger partial charge in [0.05, 0.1) is 5.41 Å². The molecule has 4 nitrogen and oxygen atoms in total. The molecule has 3 N–H and O–H groups in total. The normalized spacial score (nSPS) is 16.2. The number of nitrogens with zero attached hydrogens (tertiary/aromatic N) is 1. The minimum absolute atomic E-state index is 0.0988. The van der Waals surface area contributed by atoms with Gasteiger partial charge in [0, 0.05) is 32.9 Å². The first kappa shape index (κ1) is 12.9. The van der Waals surface area contributed by atoms with E-state index in [0.717, 1.165) is 24.1 Å². The van der Waals surface area contributed by atoms with Crippen LogP contribution in [0.3, 0.4) is 0 Å². The predicted octanol–water partition coefficient (Wildman–Crippen LogP) is 1.11. The smallest absolute Gasteiger partial charge is 0.227 e. The Balaban J connectivity index is 1.89. The molecule has 1 aliphatic rings. The van der Waals surface area contributed by atoms with E-state index in [1.165, 1.54) is 0 Å². The molecule has 0 radical (unpaired) electrons. The van der Waals surface area contributed by atoms with E-state index in [0.29, 0.717) is 13.1 Å². The maximum absolute atomic E-state index is 11.9. The lowest BCUT2D eigenvalue weighted by Gasteiger charge is -2.14. The second-order valence-electron chi connectivity index (χ2n) is 5.23. The predicted molar refractivity (Wildman–Crippen MR) is 73.3 cm³/mol. The molecule has 1 aromatic rings. The number of hydrogen-bond acceptors (Lipinski definition) is 3. The number of rotatable bonds is 5. The minimum Gasteiger partial charge on any atom is -0.378 e. The van der Waals surface area contributed by atoms with E-state index in [4.69, 9.17) is 5.73 Å². The van der Waals surface area contributed by atoms with Crippen molar-refractivity contribution in [1.29, 1.82) is 0 Å². The standard InChI is InChI=1S/C14H21N3O/c1-17(2)12-5-3-11(4-6-12)9-16-13(18)14(10-15)7-8-14/h3-6H,7-10,15H2,1-2H3,(H,16,18). The molecule has 0 unspecified atom stereocenters. The zero-order chi connectivity index (χ0) is 13.2. The number of carbonyl (C=O) groups excluding carboxylic acids is 1. The summed E-state index contributed by atoms with van der Waals surface area (Å²) in [5.41, 5.74) is 7.64. The SMILES string of the molecule is CN(C)c1ccc(CNC(=O)C2(CN)CC2)cc1. The fourth-order valence-corrected chi connectivity index (χ4v) is 1.96. The molecule has 1 saturated carbocycles. The van der Waals surface area contributed by atoms with Crippen molar-refractivity contribution < 1.29 is 4.79 Å². The molecule has 0 atom stereocenters. The van der Waals surface area contributed by atoms with Crippen LogP contribution in [0.4, 0.5) is 5.69 Å². The Bertz CT molecular complexity index is 421. The van der Waals surface area contributed by atoms with Crippen molar-refractivity contribution in [3.63, 3.8) is 0 Å². The molecule has 1 amide bonds. The van der Waals surface area contributed by atoms with Gasteiger partial charge in [-0.1, -0.05) is 12.1 Å². The van der Waals surface area contributed by atoms with Crippen LogP contribution in [0.1, 0.15) is 18.4 Å². The molecule has 0 heterocycles. The fourth-order valence-electron chi connectivity index (χ4n) is 1.96. The van der Waals surface area contributed by atoms with Gasteiger partial charge in [-0.15, -0.1) is 0 Å². The van der Waals surface area contributed by atoms with Gasteiger partial charge in [0.25, 0.3) is 0 Å². The van der Waals surface area contributed by atoms with Gasteiger partial charge in [0.1, 0.15) is 0 Å². The summed E-state index contributed by atoms with van der Waals surface area (Å²) in [7, 11) is 4.02. The Labute approximate surface area is 108 Å². The molecule has 0 spiro atoms. The minimum atomic E-state index is -0.260. The molecule has 1 aromatic carbocycles. The zero-order valence-electron chi connectivity index (χ0n) is 11.1. The summed E-state index contributed by atoms with van der Waals surface area (Å²) in [4.78, 5) is 14.0. The molecule has 4 heteroatoms. The van der Waals surface area contributed by atoms with Crippen LogP contribution >= 0.6 is 0 Å². The topological polar surface area (TPSA) is 58.4 Å². The van der Waals surface area contributed by atoms with Gasteiger partial charge in [0.2, 0.25) is 5.91 Å². The van der Waals surface area contributed by atoms with E-state index in [1.54, 1.807) is 0 Å². The van der Waals surface area contributed by atoms with E-state index in [-0.39, 0.29) is 11.3 Å². The highest BCUT2D eigenvalue weighted by atomic mass is 16.2. The molecule has 0 saturated heterocycles. The summed E-state index contributed by atoms with van der Waals surface area (Å²) in [5, 5.41) is 2.97. The average Bonchev–Trinajstić information content (AvgIpc) is 3.17. The highest BCUT2D eigenvalue weighted by molar-refractivity contribution is 5.85. The van der Waals surface area contributed by atoms with Crippen molar-refractivity contribution in [3.8, 4) is 0 Å². The van der Waals surface area contributed by atoms with Crippen molar-refractivity contribution >= 4 is 11.6 Å². The zero-order valence-corrected chi connectivity index (χ0v) is 11.1. The number of amides is 1. The summed E-state index contributed by atoms with van der Waals surface area (Å²) in [6, 6.07) is 8.18. The van der Waals surface area contributed by atoms with Crippen LogP contribution in [-0.4, -0.2) is 26.5 Å². The Morgan fingerprint density at radius 2 is 1.94 bits per heavy atom. The fraction of sp³-hybridized carbons (Fsp3) is 0.500. The molecule has 1 fully saturated rings. The van der Waals surface area contributed by atoms with Gasteiger partial charge in [-0.25, -0.2) is 0 Å². The molecule has 2 rings (SSSR count). The summed E-state index contributed by atoms with van der Waals surface area (Å²) in [6.07, 6.45) is 1.85. The van der Waals surface area contributed by atoms with Crippen LogP contribution in [-0.2, 0) is 11.3 Å². The maximum atomic E-state index is 11.9. The number of hydrogen-bond donors (Lipinski definition) is 2. The second-order valence-corrected chi connectivity index (χ2v) is 5.23. The molecule has 18 heavy (non-hydrogen) atoms. The average molecular weight is 247 g/mol. The molecule has 1 aliphatic carbocycles. The van der Waals surface area contributed by atoms with Crippen molar-refractivity contribution in [2.75, 3.05) is 25.5 Å². The van der Waals surface area contributed by atoms with E-state index in [9.17, 15) is 4.79 Å². The van der Waals surface area contributed by atoms with Gasteiger partial charge in [-0.05, 0) is 30.5 Å². The molecule has 0 bridgehead atoms. The van der Waals surface area contributed by atoms with Gasteiger partial charge in [-0.3, -0.25) is 4.79 Å². The first-order valence-corrected chi connectivity index (χ1v) is 6.32. The molecular formula is C14H21N3O. The molecule has 0 aliphatic heterocycles. The Morgan fingerprint density at radius 3 is 2.39 bits per heavy atom. The van der Waals surface area contributed by atoms with E-state index >= 15 is 0 Å². The second kappa shape index (κ2) is 4.98. The Kier molecular flexibility index (Phi) is 3.57. The van der Waals surface area contributed by atoms with Crippen molar-refractivity contribution in [2.24, 2.45) is 11.1 Å². The van der Waals surface area contributed by atoms with Crippen molar-refractivity contribution in [1.82, 2.24) is 5.32 Å². The molecule has 98 valence electrons. The van der Waals surface area contributed by atoms with E-state index in [1.807, 2.05) is 26.2 Å². The molecular weight excluding hydrogens is 226 g/mol. The summed E-state index contributed by atoms with van der Waals surface area (Å²) in [6.45, 7) is 1.03. The van der Waals surface area contributed by atoms with Crippen LogP contribution in [0.5, 0.6) is 0 Å². The largest absolute Gasteiger partial charge is 0.378 e. The quantitative estimate of drug-likeness (QED) is 0.819. The third-order valence-electron chi connectivity index (χ3n) is 3.63. The van der Waals surface area contributed by atoms with Gasteiger partial charge < -0.3 is 16.0 Å². The van der Waals surface area contributed by atoms with Crippen molar-refractivity contribution in [3.05, 3.63) is 29.8 Å². The van der Waals surface area contributed by atoms with Crippen LogP contribution in [0.2, 0.25) is 0 Å². The lowest BCUT2D eigenvalue weighted by Crippen LogP contribution is -2.36. The highest BCUT2D eigenvalue weighted by Crippen LogP contribution is 2.44. The first-order valence-electron chi connectivity index (χ1n) is 6.32.